The molecule has 9 nitrogen and oxygen atoms in total. The lowest BCUT2D eigenvalue weighted by atomic mass is 9.78. The van der Waals surface area contributed by atoms with Gasteiger partial charge in [-0.25, -0.2) is 0 Å². The van der Waals surface area contributed by atoms with E-state index >= 15 is 0 Å². The number of para-hydroxylation sites is 1. The Bertz CT molecular complexity index is 1040. The number of nitro groups is 1. The third kappa shape index (κ3) is 4.68. The molecule has 3 aromatic rings. The number of ether oxygens (including phenoxy) is 1. The summed E-state index contributed by atoms with van der Waals surface area (Å²) >= 11 is 0. The van der Waals surface area contributed by atoms with E-state index in [9.17, 15) is 10.1 Å². The third-order valence-electron chi connectivity index (χ3n) is 5.63. The summed E-state index contributed by atoms with van der Waals surface area (Å²) in [6.45, 7) is 1.11. The minimum Gasteiger partial charge on any atom is -0.355 e. The average Bonchev–Trinajstić information content (AvgIpc) is 3.34. The number of hydrogen-bond acceptors (Lipinski definition) is 7. The van der Waals surface area contributed by atoms with E-state index < -0.39 is 5.41 Å². The van der Waals surface area contributed by atoms with Crippen molar-refractivity contribution in [2.24, 2.45) is 0 Å². The Morgan fingerprint density at radius 2 is 2.00 bits per heavy atom. The van der Waals surface area contributed by atoms with Gasteiger partial charge in [-0.05, 0) is 31.5 Å². The predicted molar refractivity (Wildman–Crippen MR) is 114 cm³/mol. The van der Waals surface area contributed by atoms with Crippen LogP contribution in [0.25, 0.3) is 0 Å². The maximum Gasteiger partial charge on any atom is 0.272 e. The Hall–Kier alpha value is -3.43. The maximum absolute atomic E-state index is 11.4. The molecule has 0 saturated heterocycles. The number of aryl methyl sites for hydroxylation is 1. The molecule has 0 fully saturated rings. The summed E-state index contributed by atoms with van der Waals surface area (Å²) in [6.07, 6.45) is 4.99. The fourth-order valence-electron chi connectivity index (χ4n) is 3.99. The molecule has 2 unspecified atom stereocenters. The molecule has 160 valence electrons. The SMILES string of the molecule is CN1CC(CCc2ccccc2[N+](=O)[O-])(c2nn[nH]n2)C=CC1OCc1ccccc1. The van der Waals surface area contributed by atoms with Crippen molar-refractivity contribution in [3.05, 3.63) is 93.8 Å². The fraction of sp³-hybridized carbons (Fsp3) is 0.318. The first-order valence-corrected chi connectivity index (χ1v) is 10.1. The molecule has 1 aliphatic heterocycles. The first-order valence-electron chi connectivity index (χ1n) is 10.1. The molecule has 1 aromatic heterocycles. The Balaban J connectivity index is 1.53. The van der Waals surface area contributed by atoms with Gasteiger partial charge in [0.2, 0.25) is 0 Å². The number of nitrogens with zero attached hydrogens (tertiary/aromatic N) is 5. The summed E-state index contributed by atoms with van der Waals surface area (Å²) in [4.78, 5) is 13.1. The van der Waals surface area contributed by atoms with Gasteiger partial charge in [0.15, 0.2) is 5.82 Å². The molecule has 2 atom stereocenters. The van der Waals surface area contributed by atoms with Crippen molar-refractivity contribution >= 4 is 5.69 Å². The van der Waals surface area contributed by atoms with E-state index in [2.05, 4.69) is 31.6 Å². The highest BCUT2D eigenvalue weighted by Crippen LogP contribution is 2.35. The third-order valence-corrected chi connectivity index (χ3v) is 5.63. The topological polar surface area (TPSA) is 110 Å². The lowest BCUT2D eigenvalue weighted by molar-refractivity contribution is -0.385. The van der Waals surface area contributed by atoms with E-state index in [0.717, 1.165) is 5.56 Å². The van der Waals surface area contributed by atoms with E-state index in [1.54, 1.807) is 12.1 Å². The monoisotopic (exact) mass is 420 g/mol. The number of likely N-dealkylation sites (N-methyl/N-ethyl adjacent to an activating group) is 1. The molecular formula is C22H24N6O3. The highest BCUT2D eigenvalue weighted by atomic mass is 16.6. The maximum atomic E-state index is 11.4. The van der Waals surface area contributed by atoms with E-state index in [4.69, 9.17) is 4.74 Å². The predicted octanol–water partition coefficient (Wildman–Crippen LogP) is 3.02. The number of nitro benzene ring substituents is 1. The first kappa shape index (κ1) is 20.8. The van der Waals surface area contributed by atoms with Gasteiger partial charge in [-0.1, -0.05) is 59.8 Å². The molecule has 9 heteroatoms. The second-order valence-corrected chi connectivity index (χ2v) is 7.74. The van der Waals surface area contributed by atoms with Crippen LogP contribution in [-0.4, -0.2) is 50.3 Å². The first-order chi connectivity index (χ1) is 15.1. The van der Waals surface area contributed by atoms with Crippen LogP contribution < -0.4 is 0 Å². The Morgan fingerprint density at radius 1 is 1.23 bits per heavy atom. The van der Waals surface area contributed by atoms with E-state index in [1.807, 2.05) is 49.5 Å². The quantitative estimate of drug-likeness (QED) is 0.339. The van der Waals surface area contributed by atoms with Crippen molar-refractivity contribution in [2.75, 3.05) is 13.6 Å². The largest absolute Gasteiger partial charge is 0.355 e. The van der Waals surface area contributed by atoms with Crippen molar-refractivity contribution in [2.45, 2.75) is 31.1 Å². The molecule has 0 saturated carbocycles. The minimum atomic E-state index is -0.530. The zero-order chi connectivity index (χ0) is 21.7. The summed E-state index contributed by atoms with van der Waals surface area (Å²) in [7, 11) is 1.99. The van der Waals surface area contributed by atoms with Gasteiger partial charge in [-0.2, -0.15) is 5.21 Å². The van der Waals surface area contributed by atoms with Crippen molar-refractivity contribution in [3.63, 3.8) is 0 Å². The second kappa shape index (κ2) is 9.15. The van der Waals surface area contributed by atoms with Crippen LogP contribution in [-0.2, 0) is 23.2 Å². The van der Waals surface area contributed by atoms with Crippen LogP contribution in [0.1, 0.15) is 23.4 Å². The lowest BCUT2D eigenvalue weighted by Gasteiger charge is -2.39. The van der Waals surface area contributed by atoms with E-state index in [-0.39, 0.29) is 16.8 Å². The fourth-order valence-corrected chi connectivity index (χ4v) is 3.99. The van der Waals surface area contributed by atoms with Crippen molar-refractivity contribution in [3.8, 4) is 0 Å². The standard InChI is InChI=1S/C22H24N6O3/c1-27-16-22(21-23-25-26-24-21,13-11-18-9-5-6-10-19(18)28(29)30)14-12-20(27)31-15-17-7-3-2-4-8-17/h2-10,12,14,20H,11,13,15-16H2,1H3,(H,23,24,25,26). The van der Waals surface area contributed by atoms with Crippen LogP contribution in [0.3, 0.4) is 0 Å². The highest BCUT2D eigenvalue weighted by Gasteiger charge is 2.39. The van der Waals surface area contributed by atoms with E-state index in [0.29, 0.717) is 37.4 Å². The Kier molecular flexibility index (Phi) is 6.15. The van der Waals surface area contributed by atoms with Gasteiger partial charge in [0.1, 0.15) is 6.23 Å². The molecule has 1 aliphatic rings. The summed E-state index contributed by atoms with van der Waals surface area (Å²) in [5.41, 5.74) is 1.39. The van der Waals surface area contributed by atoms with Crippen LogP contribution in [0.5, 0.6) is 0 Å². The van der Waals surface area contributed by atoms with Crippen LogP contribution in [0, 0.1) is 10.1 Å². The molecule has 4 rings (SSSR count). The number of nitrogens with one attached hydrogen (secondary N) is 1. The van der Waals surface area contributed by atoms with Crippen molar-refractivity contribution in [1.29, 1.82) is 0 Å². The van der Waals surface area contributed by atoms with Crippen LogP contribution >= 0.6 is 0 Å². The van der Waals surface area contributed by atoms with Gasteiger partial charge in [0.05, 0.1) is 16.9 Å². The molecule has 0 bridgehead atoms. The Labute approximate surface area is 179 Å². The van der Waals surface area contributed by atoms with Gasteiger partial charge in [-0.15, -0.1) is 10.2 Å². The smallest absolute Gasteiger partial charge is 0.272 e. The Morgan fingerprint density at radius 3 is 2.71 bits per heavy atom. The number of hydrogen-bond donors (Lipinski definition) is 1. The van der Waals surface area contributed by atoms with Crippen molar-refractivity contribution in [1.82, 2.24) is 25.5 Å². The summed E-state index contributed by atoms with van der Waals surface area (Å²) in [6, 6.07) is 16.8. The molecule has 0 radical (unpaired) electrons. The molecule has 0 amide bonds. The number of tetrazole rings is 1. The zero-order valence-electron chi connectivity index (χ0n) is 17.2. The number of rotatable bonds is 8. The number of benzene rings is 2. The minimum absolute atomic E-state index is 0.128. The molecule has 0 aliphatic carbocycles. The van der Waals surface area contributed by atoms with Crippen LogP contribution in [0.4, 0.5) is 5.69 Å². The summed E-state index contributed by atoms with van der Waals surface area (Å²) in [5.74, 6) is 0.565. The van der Waals surface area contributed by atoms with Crippen LogP contribution in [0.2, 0.25) is 0 Å². The zero-order valence-corrected chi connectivity index (χ0v) is 17.2. The number of H-pyrrole nitrogens is 1. The molecule has 2 aromatic carbocycles. The summed E-state index contributed by atoms with van der Waals surface area (Å²) in [5, 5.41) is 26.1. The number of aromatic amines is 1. The van der Waals surface area contributed by atoms with Gasteiger partial charge in [0, 0.05) is 18.2 Å². The van der Waals surface area contributed by atoms with Gasteiger partial charge in [-0.3, -0.25) is 15.0 Å². The lowest BCUT2D eigenvalue weighted by Crippen LogP contribution is -2.47. The van der Waals surface area contributed by atoms with Crippen LogP contribution in [0.15, 0.2) is 66.7 Å². The second-order valence-electron chi connectivity index (χ2n) is 7.74. The van der Waals surface area contributed by atoms with Gasteiger partial charge < -0.3 is 4.74 Å². The average molecular weight is 420 g/mol. The van der Waals surface area contributed by atoms with Gasteiger partial charge >= 0.3 is 0 Å². The molecular weight excluding hydrogens is 396 g/mol. The van der Waals surface area contributed by atoms with Gasteiger partial charge in [0.25, 0.3) is 5.69 Å². The normalized spacial score (nSPS) is 21.3. The summed E-state index contributed by atoms with van der Waals surface area (Å²) < 4.78 is 6.09. The molecule has 2 heterocycles. The molecule has 31 heavy (non-hydrogen) atoms. The number of aromatic nitrogens is 4. The highest BCUT2D eigenvalue weighted by molar-refractivity contribution is 5.40. The molecule has 1 N–H and O–H groups in total. The van der Waals surface area contributed by atoms with E-state index in [1.165, 1.54) is 6.07 Å². The molecule has 0 spiro atoms. The van der Waals surface area contributed by atoms with Crippen molar-refractivity contribution < 1.29 is 9.66 Å².